The molecule has 0 atom stereocenters. The number of amides is 1. The Hall–Kier alpha value is -2.44. The van der Waals surface area contributed by atoms with E-state index in [-0.39, 0.29) is 12.5 Å². The van der Waals surface area contributed by atoms with E-state index in [4.69, 9.17) is 21.1 Å². The fourth-order valence-corrected chi connectivity index (χ4v) is 3.33. The van der Waals surface area contributed by atoms with Crippen molar-refractivity contribution >= 4 is 28.9 Å². The summed E-state index contributed by atoms with van der Waals surface area (Å²) < 4.78 is 11.0. The minimum absolute atomic E-state index is 0.117. The molecule has 1 fully saturated rings. The first-order valence-electron chi connectivity index (χ1n) is 9.26. The zero-order chi connectivity index (χ0) is 20.1. The fraction of sp³-hybridized carbons (Fsp3) is 0.381. The number of hydrogen-bond acceptors (Lipinski definition) is 5. The van der Waals surface area contributed by atoms with Gasteiger partial charge in [-0.25, -0.2) is 0 Å². The third-order valence-corrected chi connectivity index (χ3v) is 4.99. The Labute approximate surface area is 171 Å². The topological polar surface area (TPSA) is 54.0 Å². The van der Waals surface area contributed by atoms with Crippen LogP contribution in [0.4, 0.5) is 11.4 Å². The number of likely N-dealkylation sites (N-methyl/N-ethyl adjacent to an activating group) is 1. The molecule has 1 saturated heterocycles. The Morgan fingerprint density at radius 1 is 1.11 bits per heavy atom. The van der Waals surface area contributed by atoms with Gasteiger partial charge in [0.1, 0.15) is 0 Å². The molecule has 1 aliphatic rings. The van der Waals surface area contributed by atoms with Gasteiger partial charge in [-0.2, -0.15) is 0 Å². The number of ether oxygens (including phenoxy) is 2. The number of halogens is 1. The zero-order valence-corrected chi connectivity index (χ0v) is 17.3. The lowest BCUT2D eigenvalue weighted by Gasteiger charge is -2.35. The summed E-state index contributed by atoms with van der Waals surface area (Å²) in [5.74, 6) is 0.891. The van der Waals surface area contributed by atoms with Crippen LogP contribution in [0.1, 0.15) is 5.56 Å². The van der Waals surface area contributed by atoms with E-state index in [0.717, 1.165) is 37.4 Å². The van der Waals surface area contributed by atoms with Gasteiger partial charge in [-0.3, -0.25) is 4.79 Å². The Kier molecular flexibility index (Phi) is 6.65. The summed E-state index contributed by atoms with van der Waals surface area (Å²) in [6.07, 6.45) is 0. The Morgan fingerprint density at radius 3 is 2.57 bits per heavy atom. The molecule has 1 heterocycles. The molecule has 3 rings (SSSR count). The van der Waals surface area contributed by atoms with Crippen LogP contribution in [0, 0.1) is 6.92 Å². The van der Waals surface area contributed by atoms with Crippen LogP contribution in [0.25, 0.3) is 0 Å². The Bertz CT molecular complexity index is 836. The number of benzene rings is 2. The lowest BCUT2D eigenvalue weighted by Crippen LogP contribution is -2.44. The quantitative estimate of drug-likeness (QED) is 0.800. The lowest BCUT2D eigenvalue weighted by atomic mass is 10.2. The molecule has 0 radical (unpaired) electrons. The molecule has 0 unspecified atom stereocenters. The highest BCUT2D eigenvalue weighted by Gasteiger charge is 2.18. The largest absolute Gasteiger partial charge is 0.493 e. The Balaban J connectivity index is 1.67. The van der Waals surface area contributed by atoms with E-state index < -0.39 is 0 Å². The summed E-state index contributed by atoms with van der Waals surface area (Å²) in [5, 5.41) is 3.51. The molecule has 1 amide bonds. The molecule has 2 aromatic rings. The summed E-state index contributed by atoms with van der Waals surface area (Å²) in [7, 11) is 3.69. The van der Waals surface area contributed by atoms with Gasteiger partial charge in [0.2, 0.25) is 0 Å². The van der Waals surface area contributed by atoms with E-state index in [0.29, 0.717) is 22.2 Å². The van der Waals surface area contributed by atoms with Crippen LogP contribution in [0.3, 0.4) is 0 Å². The molecule has 28 heavy (non-hydrogen) atoms. The zero-order valence-electron chi connectivity index (χ0n) is 16.5. The summed E-state index contributed by atoms with van der Waals surface area (Å²) >= 11 is 6.16. The van der Waals surface area contributed by atoms with Crippen molar-refractivity contribution in [3.63, 3.8) is 0 Å². The van der Waals surface area contributed by atoms with Gasteiger partial charge in [-0.05, 0) is 49.9 Å². The SMILES string of the molecule is COc1cc(C)ccc1OCC(=O)Nc1cc(Cl)ccc1N1CCN(C)CC1. The summed E-state index contributed by atoms with van der Waals surface area (Å²) in [6.45, 7) is 5.61. The monoisotopic (exact) mass is 403 g/mol. The number of methoxy groups -OCH3 is 1. The average molecular weight is 404 g/mol. The predicted molar refractivity (Wildman–Crippen MR) is 113 cm³/mol. The van der Waals surface area contributed by atoms with Gasteiger partial charge < -0.3 is 24.6 Å². The van der Waals surface area contributed by atoms with Crippen molar-refractivity contribution in [2.45, 2.75) is 6.92 Å². The molecule has 7 heteroatoms. The van der Waals surface area contributed by atoms with Gasteiger partial charge in [-0.1, -0.05) is 17.7 Å². The second kappa shape index (κ2) is 9.17. The normalized spacial score (nSPS) is 14.6. The van der Waals surface area contributed by atoms with Crippen molar-refractivity contribution in [3.05, 3.63) is 47.0 Å². The van der Waals surface area contributed by atoms with Crippen molar-refractivity contribution < 1.29 is 14.3 Å². The minimum atomic E-state index is -0.250. The van der Waals surface area contributed by atoms with Gasteiger partial charge in [-0.15, -0.1) is 0 Å². The van der Waals surface area contributed by atoms with Crippen LogP contribution >= 0.6 is 11.6 Å². The van der Waals surface area contributed by atoms with Gasteiger partial charge >= 0.3 is 0 Å². The smallest absolute Gasteiger partial charge is 0.262 e. The van der Waals surface area contributed by atoms with Gasteiger partial charge in [0.05, 0.1) is 18.5 Å². The number of rotatable bonds is 6. The van der Waals surface area contributed by atoms with Gasteiger partial charge in [0, 0.05) is 31.2 Å². The molecular formula is C21H26ClN3O3. The molecule has 1 N–H and O–H groups in total. The van der Waals surface area contributed by atoms with Crippen LogP contribution in [0.5, 0.6) is 11.5 Å². The van der Waals surface area contributed by atoms with Crippen molar-refractivity contribution in [1.82, 2.24) is 4.90 Å². The molecule has 2 aromatic carbocycles. The number of piperazine rings is 1. The van der Waals surface area contributed by atoms with E-state index in [9.17, 15) is 4.79 Å². The number of carbonyl (C=O) groups excluding carboxylic acids is 1. The molecule has 0 saturated carbocycles. The second-order valence-electron chi connectivity index (χ2n) is 6.94. The molecule has 0 aliphatic carbocycles. The summed E-state index contributed by atoms with van der Waals surface area (Å²) in [5.41, 5.74) is 2.73. The molecule has 6 nitrogen and oxygen atoms in total. The maximum absolute atomic E-state index is 12.5. The highest BCUT2D eigenvalue weighted by Crippen LogP contribution is 2.31. The number of anilines is 2. The van der Waals surface area contributed by atoms with Crippen LogP contribution in [-0.4, -0.2) is 57.8 Å². The summed E-state index contributed by atoms with van der Waals surface area (Å²) in [6, 6.07) is 11.2. The molecule has 150 valence electrons. The van der Waals surface area contributed by atoms with E-state index in [1.807, 2.05) is 31.2 Å². The first kappa shape index (κ1) is 20.3. The standard InChI is InChI=1S/C21H26ClN3O3/c1-15-4-7-19(20(12-15)27-3)28-14-21(26)23-17-13-16(22)5-6-18(17)25-10-8-24(2)9-11-25/h4-7,12-13H,8-11,14H2,1-3H3,(H,23,26). The third-order valence-electron chi connectivity index (χ3n) is 4.75. The molecule has 0 spiro atoms. The van der Waals surface area contributed by atoms with E-state index in [2.05, 4.69) is 22.2 Å². The van der Waals surface area contributed by atoms with Crippen LogP contribution in [0.2, 0.25) is 5.02 Å². The molecular weight excluding hydrogens is 378 g/mol. The van der Waals surface area contributed by atoms with Gasteiger partial charge in [0.25, 0.3) is 5.91 Å². The first-order valence-corrected chi connectivity index (χ1v) is 9.64. The van der Waals surface area contributed by atoms with Crippen LogP contribution in [0.15, 0.2) is 36.4 Å². The number of carbonyl (C=O) groups is 1. The van der Waals surface area contributed by atoms with Crippen molar-refractivity contribution in [2.24, 2.45) is 0 Å². The average Bonchev–Trinajstić information content (AvgIpc) is 2.68. The molecule has 0 bridgehead atoms. The van der Waals surface area contributed by atoms with E-state index >= 15 is 0 Å². The van der Waals surface area contributed by atoms with Gasteiger partial charge in [0.15, 0.2) is 18.1 Å². The van der Waals surface area contributed by atoms with E-state index in [1.165, 1.54) is 0 Å². The maximum atomic E-state index is 12.5. The number of aryl methyl sites for hydroxylation is 1. The molecule has 0 aromatic heterocycles. The number of nitrogens with zero attached hydrogens (tertiary/aromatic N) is 2. The van der Waals surface area contributed by atoms with Crippen molar-refractivity contribution in [1.29, 1.82) is 0 Å². The fourth-order valence-electron chi connectivity index (χ4n) is 3.16. The van der Waals surface area contributed by atoms with Crippen molar-refractivity contribution in [2.75, 3.05) is 57.2 Å². The lowest BCUT2D eigenvalue weighted by molar-refractivity contribution is -0.118. The third kappa shape index (κ3) is 5.09. The highest BCUT2D eigenvalue weighted by atomic mass is 35.5. The molecule has 1 aliphatic heterocycles. The first-order chi connectivity index (χ1) is 13.5. The highest BCUT2D eigenvalue weighted by molar-refractivity contribution is 6.31. The van der Waals surface area contributed by atoms with Crippen LogP contribution in [-0.2, 0) is 4.79 Å². The Morgan fingerprint density at radius 2 is 1.86 bits per heavy atom. The second-order valence-corrected chi connectivity index (χ2v) is 7.38. The summed E-state index contributed by atoms with van der Waals surface area (Å²) in [4.78, 5) is 17.0. The van der Waals surface area contributed by atoms with E-state index in [1.54, 1.807) is 19.2 Å². The van der Waals surface area contributed by atoms with Crippen LogP contribution < -0.4 is 19.7 Å². The maximum Gasteiger partial charge on any atom is 0.262 e. The number of nitrogens with one attached hydrogen (secondary N) is 1. The minimum Gasteiger partial charge on any atom is -0.493 e. The number of hydrogen-bond donors (Lipinski definition) is 1. The van der Waals surface area contributed by atoms with Crippen molar-refractivity contribution in [3.8, 4) is 11.5 Å². The predicted octanol–water partition coefficient (Wildman–Crippen LogP) is 3.43.